The van der Waals surface area contributed by atoms with Crippen LogP contribution in [0.3, 0.4) is 0 Å². The maximum Gasteiger partial charge on any atom is 0.425 e. The number of hydrogen-bond acceptors (Lipinski definition) is 4. The summed E-state index contributed by atoms with van der Waals surface area (Å²) in [5.41, 5.74) is -2.06. The summed E-state index contributed by atoms with van der Waals surface area (Å²) in [7, 11) is -2.46. The van der Waals surface area contributed by atoms with Gasteiger partial charge in [0.05, 0.1) is 10.6 Å². The van der Waals surface area contributed by atoms with Crippen molar-refractivity contribution in [2.24, 2.45) is 0 Å². The van der Waals surface area contributed by atoms with Gasteiger partial charge in [0.15, 0.2) is 9.84 Å². The summed E-state index contributed by atoms with van der Waals surface area (Å²) in [6.07, 6.45) is -4.81. The predicted octanol–water partition coefficient (Wildman–Crippen LogP) is 5.56. The minimum Gasteiger partial charge on any atom is -0.360 e. The number of rotatable bonds is 7. The van der Waals surface area contributed by atoms with E-state index in [1.54, 1.807) is 6.07 Å². The summed E-state index contributed by atoms with van der Waals surface area (Å²) in [5, 5.41) is 2.62. The average molecular weight is 492 g/mol. The van der Waals surface area contributed by atoms with Gasteiger partial charge in [-0.2, -0.15) is 13.2 Å². The first kappa shape index (κ1) is 25.5. The summed E-state index contributed by atoms with van der Waals surface area (Å²) in [5.74, 6) is -0.492. The van der Waals surface area contributed by atoms with Crippen molar-refractivity contribution in [2.75, 3.05) is 18.2 Å². The standard InChI is InChI=1S/C25H24F3NO4S/c1-4-34(31,32)21-13-10-18(11-14-21)22-16-20(12-15-23(22)29-17(2)30)24(33-3,25(26,27)28)19-8-6-5-7-9-19/h5-16H,4H2,1-3H3,(H,29,30). The highest BCUT2D eigenvalue weighted by atomic mass is 32.2. The number of carbonyl (C=O) groups is 1. The minimum atomic E-state index is -4.81. The molecule has 180 valence electrons. The lowest BCUT2D eigenvalue weighted by Gasteiger charge is -2.36. The Morgan fingerprint density at radius 1 is 0.941 bits per heavy atom. The molecule has 0 saturated heterocycles. The van der Waals surface area contributed by atoms with Gasteiger partial charge in [-0.3, -0.25) is 4.79 Å². The van der Waals surface area contributed by atoms with Gasteiger partial charge in [0.1, 0.15) is 0 Å². The van der Waals surface area contributed by atoms with Crippen molar-refractivity contribution in [1.29, 1.82) is 0 Å². The Morgan fingerprint density at radius 3 is 2.06 bits per heavy atom. The van der Waals surface area contributed by atoms with Gasteiger partial charge in [-0.15, -0.1) is 0 Å². The van der Waals surface area contributed by atoms with Gasteiger partial charge in [-0.25, -0.2) is 8.42 Å². The van der Waals surface area contributed by atoms with E-state index in [-0.39, 0.29) is 33.0 Å². The third kappa shape index (κ3) is 4.71. The van der Waals surface area contributed by atoms with Crippen molar-refractivity contribution in [3.63, 3.8) is 0 Å². The van der Waals surface area contributed by atoms with E-state index in [0.29, 0.717) is 5.56 Å². The Morgan fingerprint density at radius 2 is 1.56 bits per heavy atom. The van der Waals surface area contributed by atoms with Crippen LogP contribution in [0.4, 0.5) is 18.9 Å². The van der Waals surface area contributed by atoms with Crippen LogP contribution in [0.1, 0.15) is 25.0 Å². The zero-order valence-electron chi connectivity index (χ0n) is 18.8. The molecule has 34 heavy (non-hydrogen) atoms. The van der Waals surface area contributed by atoms with Crippen LogP contribution in [-0.4, -0.2) is 33.4 Å². The Hall–Kier alpha value is -3.17. The molecule has 0 aliphatic rings. The molecule has 0 spiro atoms. The topological polar surface area (TPSA) is 72.5 Å². The lowest BCUT2D eigenvalue weighted by Crippen LogP contribution is -2.45. The number of carbonyl (C=O) groups excluding carboxylic acids is 1. The second-order valence-electron chi connectivity index (χ2n) is 7.62. The number of hydrogen-bond donors (Lipinski definition) is 1. The van der Waals surface area contributed by atoms with Gasteiger partial charge in [0, 0.05) is 25.3 Å². The molecule has 3 aromatic carbocycles. The summed E-state index contributed by atoms with van der Waals surface area (Å²) in [6, 6.07) is 17.0. The third-order valence-electron chi connectivity index (χ3n) is 5.53. The second kappa shape index (κ2) is 9.60. The molecular formula is C25H24F3NO4S. The molecule has 0 radical (unpaired) electrons. The molecule has 0 aromatic heterocycles. The highest BCUT2D eigenvalue weighted by molar-refractivity contribution is 7.91. The van der Waals surface area contributed by atoms with E-state index < -0.39 is 27.5 Å². The van der Waals surface area contributed by atoms with Crippen LogP contribution in [0.25, 0.3) is 11.1 Å². The molecular weight excluding hydrogens is 467 g/mol. The van der Waals surface area contributed by atoms with Crippen molar-refractivity contribution < 1.29 is 31.1 Å². The fourth-order valence-electron chi connectivity index (χ4n) is 3.83. The van der Waals surface area contributed by atoms with Crippen LogP contribution in [0.15, 0.2) is 77.7 Å². The first-order valence-corrected chi connectivity index (χ1v) is 12.0. The van der Waals surface area contributed by atoms with Crippen molar-refractivity contribution in [1.82, 2.24) is 0 Å². The number of nitrogens with one attached hydrogen (secondary N) is 1. The van der Waals surface area contributed by atoms with E-state index in [1.165, 1.54) is 80.6 Å². The number of methoxy groups -OCH3 is 1. The molecule has 0 aliphatic heterocycles. The zero-order chi connectivity index (χ0) is 25.1. The maximum atomic E-state index is 14.6. The predicted molar refractivity (Wildman–Crippen MR) is 124 cm³/mol. The number of alkyl halides is 3. The summed E-state index contributed by atoms with van der Waals surface area (Å²) >= 11 is 0. The van der Waals surface area contributed by atoms with E-state index in [9.17, 15) is 26.4 Å². The van der Waals surface area contributed by atoms with Gasteiger partial charge in [-0.1, -0.05) is 55.5 Å². The van der Waals surface area contributed by atoms with Crippen LogP contribution in [0, 0.1) is 0 Å². The molecule has 1 unspecified atom stereocenters. The zero-order valence-corrected chi connectivity index (χ0v) is 19.6. The molecule has 3 rings (SSSR count). The average Bonchev–Trinajstić information content (AvgIpc) is 2.80. The van der Waals surface area contributed by atoms with E-state index in [2.05, 4.69) is 5.32 Å². The number of halogens is 3. The summed E-state index contributed by atoms with van der Waals surface area (Å²) in [6.45, 7) is 2.81. The van der Waals surface area contributed by atoms with Crippen molar-refractivity contribution in [3.05, 3.63) is 83.9 Å². The number of sulfone groups is 1. The fraction of sp³-hybridized carbons (Fsp3) is 0.240. The Kier molecular flexibility index (Phi) is 7.18. The minimum absolute atomic E-state index is 0.0853. The van der Waals surface area contributed by atoms with Gasteiger partial charge in [0.2, 0.25) is 11.5 Å². The Bertz CT molecular complexity index is 1270. The van der Waals surface area contributed by atoms with Crippen molar-refractivity contribution in [2.45, 2.75) is 30.5 Å². The largest absolute Gasteiger partial charge is 0.425 e. The summed E-state index contributed by atoms with van der Waals surface area (Å²) < 4.78 is 73.1. The normalized spacial score (nSPS) is 13.8. The molecule has 0 heterocycles. The van der Waals surface area contributed by atoms with Gasteiger partial charge in [0.25, 0.3) is 0 Å². The highest BCUT2D eigenvalue weighted by Gasteiger charge is 2.58. The number of ether oxygens (including phenoxy) is 1. The summed E-state index contributed by atoms with van der Waals surface area (Å²) in [4.78, 5) is 11.8. The molecule has 1 N–H and O–H groups in total. The van der Waals surface area contributed by atoms with Crippen molar-refractivity contribution in [3.8, 4) is 11.1 Å². The first-order chi connectivity index (χ1) is 16.0. The van der Waals surface area contributed by atoms with Crippen LogP contribution in [-0.2, 0) is 25.0 Å². The molecule has 3 aromatic rings. The quantitative estimate of drug-likeness (QED) is 0.470. The van der Waals surface area contributed by atoms with E-state index >= 15 is 0 Å². The molecule has 1 amide bonds. The van der Waals surface area contributed by atoms with Crippen LogP contribution in [0.2, 0.25) is 0 Å². The Labute approximate surface area is 196 Å². The van der Waals surface area contributed by atoms with Crippen LogP contribution in [0.5, 0.6) is 0 Å². The molecule has 9 heteroatoms. The highest BCUT2D eigenvalue weighted by Crippen LogP contribution is 2.48. The van der Waals surface area contributed by atoms with Gasteiger partial charge in [-0.05, 0) is 41.0 Å². The SMILES string of the molecule is CCS(=O)(=O)c1ccc(-c2cc(C(OC)(c3ccccc3)C(F)(F)F)ccc2NC(C)=O)cc1. The monoisotopic (exact) mass is 491 g/mol. The molecule has 0 fully saturated rings. The smallest absolute Gasteiger partial charge is 0.360 e. The number of benzene rings is 3. The maximum absolute atomic E-state index is 14.6. The van der Waals surface area contributed by atoms with Gasteiger partial charge >= 0.3 is 6.18 Å². The molecule has 5 nitrogen and oxygen atoms in total. The molecule has 0 bridgehead atoms. The number of anilines is 1. The second-order valence-corrected chi connectivity index (χ2v) is 9.90. The molecule has 0 aliphatic carbocycles. The third-order valence-corrected chi connectivity index (χ3v) is 7.28. The van der Waals surface area contributed by atoms with E-state index in [4.69, 9.17) is 4.74 Å². The number of amides is 1. The first-order valence-electron chi connectivity index (χ1n) is 10.4. The van der Waals surface area contributed by atoms with E-state index in [1.807, 2.05) is 0 Å². The fourth-order valence-corrected chi connectivity index (χ4v) is 4.71. The lowest BCUT2D eigenvalue weighted by molar-refractivity contribution is -0.258. The van der Waals surface area contributed by atoms with Gasteiger partial charge < -0.3 is 10.1 Å². The van der Waals surface area contributed by atoms with Crippen LogP contribution < -0.4 is 5.32 Å². The molecule has 0 saturated carbocycles. The van der Waals surface area contributed by atoms with Crippen LogP contribution >= 0.6 is 0 Å². The van der Waals surface area contributed by atoms with Crippen molar-refractivity contribution >= 4 is 21.4 Å². The Balaban J connectivity index is 2.27. The molecule has 1 atom stereocenters. The van der Waals surface area contributed by atoms with E-state index in [0.717, 1.165) is 7.11 Å². The lowest BCUT2D eigenvalue weighted by atomic mass is 9.83.